The number of anilines is 1. The molecule has 2 aromatic rings. The van der Waals surface area contributed by atoms with E-state index in [-0.39, 0.29) is 4.99 Å². The van der Waals surface area contributed by atoms with Gasteiger partial charge in [-0.1, -0.05) is 12.2 Å². The molecule has 0 radical (unpaired) electrons. The number of rotatable bonds is 4. The Hall–Kier alpha value is -1.05. The van der Waals surface area contributed by atoms with Gasteiger partial charge in [-0.05, 0) is 28.1 Å². The van der Waals surface area contributed by atoms with Crippen molar-refractivity contribution < 1.29 is 0 Å². The third-order valence-electron chi connectivity index (χ3n) is 1.99. The molecular formula is C10H9BrN4S2. The number of halogens is 1. The predicted octanol–water partition coefficient (Wildman–Crippen LogP) is 2.55. The van der Waals surface area contributed by atoms with Gasteiger partial charge in [0.15, 0.2) is 5.82 Å². The fourth-order valence-corrected chi connectivity index (χ4v) is 2.84. The largest absolute Gasteiger partial charge is 0.388 e. The Balaban J connectivity index is 2.11. The van der Waals surface area contributed by atoms with E-state index in [0.717, 1.165) is 3.79 Å². The highest BCUT2D eigenvalue weighted by Crippen LogP contribution is 2.22. The van der Waals surface area contributed by atoms with Gasteiger partial charge in [0.2, 0.25) is 0 Å². The van der Waals surface area contributed by atoms with E-state index < -0.39 is 0 Å². The Labute approximate surface area is 116 Å². The van der Waals surface area contributed by atoms with Gasteiger partial charge in [-0.2, -0.15) is 0 Å². The third-order valence-corrected chi connectivity index (χ3v) is 3.81. The molecule has 0 aliphatic rings. The molecule has 2 rings (SSSR count). The van der Waals surface area contributed by atoms with Crippen LogP contribution in [0.15, 0.2) is 28.3 Å². The van der Waals surface area contributed by atoms with E-state index in [0.29, 0.717) is 18.1 Å². The molecule has 3 N–H and O–H groups in total. The minimum absolute atomic E-state index is 0.243. The summed E-state index contributed by atoms with van der Waals surface area (Å²) in [4.78, 5) is 9.71. The summed E-state index contributed by atoms with van der Waals surface area (Å²) in [7, 11) is 0. The number of thiocarbonyl (C=S) groups is 1. The van der Waals surface area contributed by atoms with Gasteiger partial charge in [-0.3, -0.25) is 0 Å². The van der Waals surface area contributed by atoms with E-state index in [1.54, 1.807) is 23.7 Å². The summed E-state index contributed by atoms with van der Waals surface area (Å²) < 4.78 is 1.10. The van der Waals surface area contributed by atoms with Gasteiger partial charge in [0.25, 0.3) is 0 Å². The van der Waals surface area contributed by atoms with Gasteiger partial charge in [0, 0.05) is 17.3 Å². The minimum atomic E-state index is 0.243. The summed E-state index contributed by atoms with van der Waals surface area (Å²) in [6.45, 7) is 0.671. The quantitative estimate of drug-likeness (QED) is 0.844. The normalized spacial score (nSPS) is 10.2. The Morgan fingerprint density at radius 2 is 2.18 bits per heavy atom. The summed E-state index contributed by atoms with van der Waals surface area (Å²) in [5.74, 6) is 0.615. The van der Waals surface area contributed by atoms with Crippen LogP contribution in [0.3, 0.4) is 0 Å². The summed E-state index contributed by atoms with van der Waals surface area (Å²) in [6, 6.07) is 4.05. The number of hydrogen-bond donors (Lipinski definition) is 2. The zero-order chi connectivity index (χ0) is 12.3. The SMILES string of the molecule is NC(=S)c1nccnc1NCc1ccc(Br)s1. The number of hydrogen-bond acceptors (Lipinski definition) is 5. The molecule has 4 nitrogen and oxygen atoms in total. The Kier molecular flexibility index (Phi) is 4.03. The van der Waals surface area contributed by atoms with Crippen molar-refractivity contribution in [1.82, 2.24) is 9.97 Å². The van der Waals surface area contributed by atoms with Crippen molar-refractivity contribution in [3.8, 4) is 0 Å². The van der Waals surface area contributed by atoms with E-state index in [2.05, 4.69) is 31.2 Å². The van der Waals surface area contributed by atoms with Crippen LogP contribution in [0.4, 0.5) is 5.82 Å². The van der Waals surface area contributed by atoms with Crippen molar-refractivity contribution in [3.05, 3.63) is 38.9 Å². The summed E-state index contributed by atoms with van der Waals surface area (Å²) >= 11 is 10.00. The van der Waals surface area contributed by atoms with Gasteiger partial charge in [0.05, 0.1) is 10.3 Å². The number of nitrogens with zero attached hydrogens (tertiary/aromatic N) is 2. The Morgan fingerprint density at radius 1 is 1.41 bits per heavy atom. The average Bonchev–Trinajstić information content (AvgIpc) is 2.73. The van der Waals surface area contributed by atoms with Crippen LogP contribution >= 0.6 is 39.5 Å². The maximum atomic E-state index is 5.57. The summed E-state index contributed by atoms with van der Waals surface area (Å²) in [5, 5.41) is 3.17. The first kappa shape index (κ1) is 12.4. The van der Waals surface area contributed by atoms with E-state index in [1.807, 2.05) is 12.1 Å². The van der Waals surface area contributed by atoms with Crippen molar-refractivity contribution in [2.24, 2.45) is 5.73 Å². The highest BCUT2D eigenvalue weighted by Gasteiger charge is 2.07. The number of aromatic nitrogens is 2. The molecule has 17 heavy (non-hydrogen) atoms. The molecule has 0 bridgehead atoms. The smallest absolute Gasteiger partial charge is 0.155 e. The van der Waals surface area contributed by atoms with Crippen LogP contribution in [0.1, 0.15) is 10.6 Å². The maximum absolute atomic E-state index is 5.57. The summed E-state index contributed by atoms with van der Waals surface area (Å²) in [6.07, 6.45) is 3.18. The van der Waals surface area contributed by atoms with Crippen LogP contribution in [-0.2, 0) is 6.54 Å². The number of thiophene rings is 1. The molecule has 0 fully saturated rings. The molecule has 0 atom stereocenters. The highest BCUT2D eigenvalue weighted by atomic mass is 79.9. The molecular weight excluding hydrogens is 320 g/mol. The lowest BCUT2D eigenvalue weighted by Gasteiger charge is -2.07. The molecule has 88 valence electrons. The maximum Gasteiger partial charge on any atom is 0.155 e. The molecule has 0 amide bonds. The molecule has 2 heterocycles. The second-order valence-electron chi connectivity index (χ2n) is 3.18. The van der Waals surface area contributed by atoms with Crippen molar-refractivity contribution in [2.75, 3.05) is 5.32 Å². The Morgan fingerprint density at radius 3 is 2.82 bits per heavy atom. The molecule has 0 aromatic carbocycles. The summed E-state index contributed by atoms with van der Waals surface area (Å²) in [5.41, 5.74) is 6.10. The van der Waals surface area contributed by atoms with E-state index in [9.17, 15) is 0 Å². The van der Waals surface area contributed by atoms with Crippen LogP contribution < -0.4 is 11.1 Å². The fraction of sp³-hybridized carbons (Fsp3) is 0.100. The predicted molar refractivity (Wildman–Crippen MR) is 77.3 cm³/mol. The first-order chi connectivity index (χ1) is 8.16. The second-order valence-corrected chi connectivity index (χ2v) is 6.16. The van der Waals surface area contributed by atoms with Gasteiger partial charge in [0.1, 0.15) is 10.7 Å². The lowest BCUT2D eigenvalue weighted by Crippen LogP contribution is -2.16. The van der Waals surface area contributed by atoms with Crippen molar-refractivity contribution in [3.63, 3.8) is 0 Å². The second kappa shape index (κ2) is 5.52. The molecule has 0 aliphatic heterocycles. The van der Waals surface area contributed by atoms with Crippen LogP contribution in [0.2, 0.25) is 0 Å². The van der Waals surface area contributed by atoms with E-state index >= 15 is 0 Å². The van der Waals surface area contributed by atoms with Crippen LogP contribution in [0.25, 0.3) is 0 Å². The van der Waals surface area contributed by atoms with Gasteiger partial charge >= 0.3 is 0 Å². The molecule has 0 aliphatic carbocycles. The van der Waals surface area contributed by atoms with E-state index in [1.165, 1.54) is 4.88 Å². The monoisotopic (exact) mass is 328 g/mol. The molecule has 7 heteroatoms. The van der Waals surface area contributed by atoms with E-state index in [4.69, 9.17) is 18.0 Å². The fourth-order valence-electron chi connectivity index (χ4n) is 1.27. The zero-order valence-electron chi connectivity index (χ0n) is 8.68. The van der Waals surface area contributed by atoms with Crippen LogP contribution in [0.5, 0.6) is 0 Å². The van der Waals surface area contributed by atoms with Crippen molar-refractivity contribution in [1.29, 1.82) is 0 Å². The molecule has 2 aromatic heterocycles. The molecule has 0 unspecified atom stereocenters. The minimum Gasteiger partial charge on any atom is -0.388 e. The van der Waals surface area contributed by atoms with Crippen molar-refractivity contribution >= 4 is 50.3 Å². The standard InChI is InChI=1S/C10H9BrN4S2/c11-7-2-1-6(17-7)5-15-10-8(9(12)16)13-3-4-14-10/h1-4H,5H2,(H2,12,16)(H,14,15). The average molecular weight is 329 g/mol. The van der Waals surface area contributed by atoms with Gasteiger partial charge in [-0.15, -0.1) is 11.3 Å². The van der Waals surface area contributed by atoms with Crippen LogP contribution in [0, 0.1) is 0 Å². The topological polar surface area (TPSA) is 63.8 Å². The Bertz CT molecular complexity index is 541. The molecule has 0 saturated heterocycles. The van der Waals surface area contributed by atoms with Crippen LogP contribution in [-0.4, -0.2) is 15.0 Å². The molecule has 0 spiro atoms. The van der Waals surface area contributed by atoms with Crippen molar-refractivity contribution in [2.45, 2.75) is 6.54 Å². The highest BCUT2D eigenvalue weighted by molar-refractivity contribution is 9.11. The molecule has 0 saturated carbocycles. The number of nitrogens with one attached hydrogen (secondary N) is 1. The third kappa shape index (κ3) is 3.21. The first-order valence-electron chi connectivity index (χ1n) is 4.75. The lowest BCUT2D eigenvalue weighted by molar-refractivity contribution is 1.10. The lowest BCUT2D eigenvalue weighted by atomic mass is 10.4. The number of nitrogens with two attached hydrogens (primary N) is 1. The van der Waals surface area contributed by atoms with Gasteiger partial charge < -0.3 is 11.1 Å². The first-order valence-corrected chi connectivity index (χ1v) is 6.77. The zero-order valence-corrected chi connectivity index (χ0v) is 11.9. The van der Waals surface area contributed by atoms with Gasteiger partial charge in [-0.25, -0.2) is 9.97 Å².